The van der Waals surface area contributed by atoms with Gasteiger partial charge in [-0.05, 0) is 38.4 Å². The number of para-hydroxylation sites is 1. The van der Waals surface area contributed by atoms with Crippen LogP contribution in [0.15, 0.2) is 48.7 Å². The van der Waals surface area contributed by atoms with Gasteiger partial charge in [0.1, 0.15) is 5.69 Å². The molecule has 116 valence electrons. The first-order valence-electron chi connectivity index (χ1n) is 7.25. The second-order valence-electron chi connectivity index (χ2n) is 5.36. The molecule has 1 aromatic carbocycles. The number of anilines is 2. The molecule has 1 aromatic heterocycles. The summed E-state index contributed by atoms with van der Waals surface area (Å²) in [4.78, 5) is 20.4. The lowest BCUT2D eigenvalue weighted by Gasteiger charge is -2.17. The Bertz CT molecular complexity index is 596. The van der Waals surface area contributed by atoms with Gasteiger partial charge >= 0.3 is 0 Å². The van der Waals surface area contributed by atoms with Gasteiger partial charge in [0.25, 0.3) is 5.91 Å². The van der Waals surface area contributed by atoms with Crippen LogP contribution in [0.3, 0.4) is 0 Å². The summed E-state index contributed by atoms with van der Waals surface area (Å²) in [5.41, 5.74) is 2.20. The van der Waals surface area contributed by atoms with Crippen LogP contribution in [0.2, 0.25) is 0 Å². The van der Waals surface area contributed by atoms with Crippen LogP contribution in [-0.4, -0.2) is 50.0 Å². The first-order valence-corrected chi connectivity index (χ1v) is 7.25. The van der Waals surface area contributed by atoms with E-state index in [-0.39, 0.29) is 5.91 Å². The fraction of sp³-hybridized carbons (Fsp3) is 0.294. The van der Waals surface area contributed by atoms with Crippen LogP contribution in [-0.2, 0) is 0 Å². The molecule has 0 atom stereocenters. The summed E-state index contributed by atoms with van der Waals surface area (Å²) < 4.78 is 0. The average molecular weight is 298 g/mol. The second-order valence-corrected chi connectivity index (χ2v) is 5.36. The van der Waals surface area contributed by atoms with E-state index in [1.807, 2.05) is 50.5 Å². The van der Waals surface area contributed by atoms with E-state index in [1.165, 1.54) is 0 Å². The van der Waals surface area contributed by atoms with Crippen LogP contribution in [0.1, 0.15) is 10.5 Å². The summed E-state index contributed by atoms with van der Waals surface area (Å²) in [6.07, 6.45) is 1.70. The zero-order valence-corrected chi connectivity index (χ0v) is 13.3. The van der Waals surface area contributed by atoms with Crippen LogP contribution in [0.25, 0.3) is 0 Å². The third-order valence-corrected chi connectivity index (χ3v) is 3.32. The topological polar surface area (TPSA) is 48.5 Å². The molecule has 0 bridgehead atoms. The van der Waals surface area contributed by atoms with Crippen molar-refractivity contribution in [3.8, 4) is 0 Å². The summed E-state index contributed by atoms with van der Waals surface area (Å²) in [6.45, 7) is 1.78. The van der Waals surface area contributed by atoms with Gasteiger partial charge in [-0.1, -0.05) is 18.2 Å². The highest BCUT2D eigenvalue weighted by atomic mass is 16.2. The molecule has 2 aromatic rings. The van der Waals surface area contributed by atoms with Crippen molar-refractivity contribution >= 4 is 17.3 Å². The monoisotopic (exact) mass is 298 g/mol. The lowest BCUT2D eigenvalue weighted by atomic mass is 10.2. The Kier molecular flexibility index (Phi) is 5.49. The predicted octanol–water partition coefficient (Wildman–Crippen LogP) is 2.33. The van der Waals surface area contributed by atoms with E-state index in [9.17, 15) is 4.79 Å². The molecule has 0 aliphatic carbocycles. The Labute approximate surface area is 131 Å². The first kappa shape index (κ1) is 16.0. The molecule has 0 saturated carbocycles. The summed E-state index contributed by atoms with van der Waals surface area (Å²) >= 11 is 0. The van der Waals surface area contributed by atoms with Crippen LogP contribution < -0.4 is 10.2 Å². The molecule has 0 radical (unpaired) electrons. The Morgan fingerprint density at radius 1 is 1.09 bits per heavy atom. The third kappa shape index (κ3) is 4.30. The molecule has 0 unspecified atom stereocenters. The molecule has 0 aliphatic heterocycles. The van der Waals surface area contributed by atoms with E-state index in [0.717, 1.165) is 24.5 Å². The summed E-state index contributed by atoms with van der Waals surface area (Å²) in [6, 6.07) is 13.2. The van der Waals surface area contributed by atoms with Crippen molar-refractivity contribution in [1.82, 2.24) is 9.88 Å². The summed E-state index contributed by atoms with van der Waals surface area (Å²) in [5, 5.41) is 3.27. The fourth-order valence-corrected chi connectivity index (χ4v) is 1.99. The van der Waals surface area contributed by atoms with Crippen molar-refractivity contribution in [2.45, 2.75) is 0 Å². The van der Waals surface area contributed by atoms with E-state index in [2.05, 4.69) is 15.2 Å². The number of nitrogens with one attached hydrogen (secondary N) is 1. The van der Waals surface area contributed by atoms with Gasteiger partial charge in [-0.3, -0.25) is 4.79 Å². The number of rotatable bonds is 6. The minimum Gasteiger partial charge on any atom is -0.383 e. The number of benzene rings is 1. The maximum absolute atomic E-state index is 12.4. The maximum atomic E-state index is 12.4. The van der Waals surface area contributed by atoms with E-state index in [4.69, 9.17) is 0 Å². The van der Waals surface area contributed by atoms with Crippen molar-refractivity contribution in [2.75, 3.05) is 44.4 Å². The largest absolute Gasteiger partial charge is 0.383 e. The van der Waals surface area contributed by atoms with Crippen LogP contribution in [0, 0.1) is 0 Å². The third-order valence-electron chi connectivity index (χ3n) is 3.32. The highest BCUT2D eigenvalue weighted by Crippen LogP contribution is 2.14. The first-order chi connectivity index (χ1) is 10.6. The SMILES string of the molecule is CN(C)CCNc1ccc(C(=O)N(C)c2ccccc2)nc1. The number of carbonyl (C=O) groups excluding carboxylic acids is 1. The lowest BCUT2D eigenvalue weighted by Crippen LogP contribution is -2.27. The Balaban J connectivity index is 1.99. The lowest BCUT2D eigenvalue weighted by molar-refractivity contribution is 0.0988. The summed E-state index contributed by atoms with van der Waals surface area (Å²) in [5.74, 6) is -0.119. The van der Waals surface area contributed by atoms with Gasteiger partial charge in [0.15, 0.2) is 0 Å². The van der Waals surface area contributed by atoms with Crippen molar-refractivity contribution < 1.29 is 4.79 Å². The number of hydrogen-bond donors (Lipinski definition) is 1. The Morgan fingerprint density at radius 3 is 2.41 bits per heavy atom. The van der Waals surface area contributed by atoms with Gasteiger partial charge in [0, 0.05) is 25.8 Å². The van der Waals surface area contributed by atoms with Crippen LogP contribution in [0.5, 0.6) is 0 Å². The molecule has 0 fully saturated rings. The normalized spacial score (nSPS) is 10.5. The van der Waals surface area contributed by atoms with Crippen molar-refractivity contribution in [3.63, 3.8) is 0 Å². The van der Waals surface area contributed by atoms with Crippen molar-refractivity contribution in [2.24, 2.45) is 0 Å². The maximum Gasteiger partial charge on any atom is 0.276 e. The molecule has 1 amide bonds. The molecule has 2 rings (SSSR count). The standard InChI is InChI=1S/C17H22N4O/c1-20(2)12-11-18-14-9-10-16(19-13-14)17(22)21(3)15-7-5-4-6-8-15/h4-10,13,18H,11-12H2,1-3H3. The minimum absolute atomic E-state index is 0.119. The number of hydrogen-bond acceptors (Lipinski definition) is 4. The molecule has 1 N–H and O–H groups in total. The average Bonchev–Trinajstić information content (AvgIpc) is 2.54. The van der Waals surface area contributed by atoms with Crippen LogP contribution >= 0.6 is 0 Å². The zero-order valence-electron chi connectivity index (χ0n) is 13.3. The van der Waals surface area contributed by atoms with Gasteiger partial charge in [-0.15, -0.1) is 0 Å². The summed E-state index contributed by atoms with van der Waals surface area (Å²) in [7, 11) is 5.81. The molecule has 5 nitrogen and oxygen atoms in total. The highest BCUT2D eigenvalue weighted by Gasteiger charge is 2.14. The van der Waals surface area contributed by atoms with E-state index in [0.29, 0.717) is 5.69 Å². The number of amides is 1. The quantitative estimate of drug-likeness (QED) is 0.889. The molecule has 0 aliphatic rings. The van der Waals surface area contributed by atoms with E-state index in [1.54, 1.807) is 24.2 Å². The van der Waals surface area contributed by atoms with Crippen molar-refractivity contribution in [3.05, 3.63) is 54.4 Å². The van der Waals surface area contributed by atoms with Crippen molar-refractivity contribution in [1.29, 1.82) is 0 Å². The number of carbonyl (C=O) groups is 1. The van der Waals surface area contributed by atoms with Gasteiger partial charge in [0.05, 0.1) is 11.9 Å². The van der Waals surface area contributed by atoms with Crippen LogP contribution in [0.4, 0.5) is 11.4 Å². The number of aromatic nitrogens is 1. The molecule has 5 heteroatoms. The number of nitrogens with zero attached hydrogens (tertiary/aromatic N) is 3. The molecular formula is C17H22N4O. The smallest absolute Gasteiger partial charge is 0.276 e. The molecule has 0 spiro atoms. The van der Waals surface area contributed by atoms with E-state index < -0.39 is 0 Å². The number of likely N-dealkylation sites (N-methyl/N-ethyl adjacent to an activating group) is 1. The highest BCUT2D eigenvalue weighted by molar-refractivity contribution is 6.04. The van der Waals surface area contributed by atoms with Gasteiger partial charge in [-0.2, -0.15) is 0 Å². The predicted molar refractivity (Wildman–Crippen MR) is 90.5 cm³/mol. The molecular weight excluding hydrogens is 276 g/mol. The molecule has 0 saturated heterocycles. The van der Waals surface area contributed by atoms with Gasteiger partial charge in [0.2, 0.25) is 0 Å². The number of pyridine rings is 1. The molecule has 1 heterocycles. The van der Waals surface area contributed by atoms with Gasteiger partial charge < -0.3 is 15.1 Å². The van der Waals surface area contributed by atoms with E-state index >= 15 is 0 Å². The Hall–Kier alpha value is -2.40. The minimum atomic E-state index is -0.119. The Morgan fingerprint density at radius 2 is 1.82 bits per heavy atom. The van der Waals surface area contributed by atoms with Gasteiger partial charge in [-0.25, -0.2) is 4.98 Å². The zero-order chi connectivity index (χ0) is 15.9. The molecule has 22 heavy (non-hydrogen) atoms. The fourth-order valence-electron chi connectivity index (χ4n) is 1.99. The second kappa shape index (κ2) is 7.56.